The third kappa shape index (κ3) is 26.2. The Hall–Kier alpha value is 0.212. The van der Waals surface area contributed by atoms with Crippen molar-refractivity contribution in [2.45, 2.75) is 288 Å². The molecular weight excluding hydrogens is 1890 g/mol. The molecule has 5 atom stereocenters. The van der Waals surface area contributed by atoms with E-state index in [0.717, 1.165) is 135 Å². The number of ether oxygens (including phenoxy) is 2. The van der Waals surface area contributed by atoms with Crippen molar-refractivity contribution in [1.82, 2.24) is 0 Å². The molecule has 0 heterocycles. The third-order valence-corrected chi connectivity index (χ3v) is 29.3. The Morgan fingerprint density at radius 1 is 0.381 bits per heavy atom. The number of phenolic OH excluding ortho intramolecular Hbond substituents is 4. The van der Waals surface area contributed by atoms with E-state index in [2.05, 4.69) is 52.0 Å². The van der Waals surface area contributed by atoms with Gasteiger partial charge >= 0.3 is 151 Å². The number of aromatic hydroxyl groups is 4. The van der Waals surface area contributed by atoms with Gasteiger partial charge in [-0.3, -0.25) is 20.0 Å². The van der Waals surface area contributed by atoms with Crippen molar-refractivity contribution in [1.29, 1.82) is 0 Å². The molecule has 5 unspecified atom stereocenters. The molecule has 4 aromatic rings. The summed E-state index contributed by atoms with van der Waals surface area (Å²) in [4.78, 5) is 19.1. The van der Waals surface area contributed by atoms with Gasteiger partial charge in [-0.25, -0.2) is 0 Å². The van der Waals surface area contributed by atoms with Crippen LogP contribution in [-0.4, -0.2) is 84.7 Å². The van der Waals surface area contributed by atoms with Crippen LogP contribution in [0.3, 0.4) is 0 Å². The van der Waals surface area contributed by atoms with Crippen LogP contribution in [0.4, 0.5) is 0 Å². The number of hydrogen-bond donors (Lipinski definition) is 4. The second-order valence-electron chi connectivity index (χ2n) is 37.1. The standard InChI is InChI=1S/2C25H35NO2.C25H35NO.C16H23NO.8ClH.4Zr/c1-16-5-3-4-6-23(16)26-15-20-10-21(28-2)11-22(24(20)27)25-12-17-7-18(13-25)9-19(8-17)14-25;1-28-22-10-21(16-26-15-17-5-3-2-4-6-17)24(27)23(11-22)25-12-18-7-19(13-25)9-20(8-18)14-25;1-17-7-22(16-26-15-18-5-3-2-4-6-18)24(27)23(8-17)25-12-19-9-20(13-25)11-21(10-19)14-25;1-11-6-5-9-15(13(11)3)17-10-14-8-4-7-12(2)16(14)18;;;;;;;;;;;;/h10-11,15-19,23,27H,3-9,12-14H2,1-2H3;10-11,16-20,27H,2-9,12-15H2,1H3;7-8,16,18-21,27H,2-6,9-15H2,1H3;4,7-8,10-11,13,15,18H,5-6,9H2,1-3H3;8*1H;;;;/q;;;;;;;;;;;;4*+2/p-8. The van der Waals surface area contributed by atoms with Crippen LogP contribution >= 0.6 is 68.1 Å². The molecule has 10 nitrogen and oxygen atoms in total. The van der Waals surface area contributed by atoms with Crippen molar-refractivity contribution >= 4 is 93.0 Å². The van der Waals surface area contributed by atoms with E-state index in [1.165, 1.54) is 236 Å². The van der Waals surface area contributed by atoms with Crippen LogP contribution in [0.1, 0.15) is 296 Å². The summed E-state index contributed by atoms with van der Waals surface area (Å²) < 4.78 is 11.3. The topological polar surface area (TPSA) is 149 Å². The molecular formula is C91H128Cl8N4O6Zr4. The fourth-order valence-electron chi connectivity index (χ4n) is 24.9. The van der Waals surface area contributed by atoms with Crippen LogP contribution in [0.15, 0.2) is 74.6 Å². The summed E-state index contributed by atoms with van der Waals surface area (Å²) in [6.45, 7) is 12.8. The van der Waals surface area contributed by atoms with Crippen molar-refractivity contribution < 1.29 is 113 Å². The fourth-order valence-corrected chi connectivity index (χ4v) is 24.9. The molecule has 0 saturated heterocycles. The Morgan fingerprint density at radius 2 is 0.708 bits per heavy atom. The van der Waals surface area contributed by atoms with Gasteiger partial charge in [0.25, 0.3) is 0 Å². The molecule has 22 heteroatoms. The van der Waals surface area contributed by atoms with E-state index in [0.29, 0.717) is 46.9 Å². The van der Waals surface area contributed by atoms with Crippen LogP contribution < -0.4 is 9.47 Å². The summed E-state index contributed by atoms with van der Waals surface area (Å²) in [5.41, 5.74) is 9.78. The van der Waals surface area contributed by atoms with Crippen molar-refractivity contribution in [3.8, 4) is 34.5 Å². The van der Waals surface area contributed by atoms with Crippen molar-refractivity contribution in [2.24, 2.45) is 103 Å². The van der Waals surface area contributed by atoms with Crippen molar-refractivity contribution in [3.63, 3.8) is 0 Å². The summed E-state index contributed by atoms with van der Waals surface area (Å²) >= 11 is -3.30. The Labute approximate surface area is 754 Å². The second-order valence-corrected chi connectivity index (χ2v) is 52.0. The predicted molar refractivity (Wildman–Crippen MR) is 462 cm³/mol. The van der Waals surface area contributed by atoms with E-state index < -0.39 is 83.4 Å². The molecule has 0 aliphatic heterocycles. The third-order valence-electron chi connectivity index (χ3n) is 29.3. The Kier molecular flexibility index (Phi) is 40.0. The van der Waals surface area contributed by atoms with E-state index in [9.17, 15) is 20.4 Å². The molecule has 0 radical (unpaired) electrons. The number of nitrogens with zero attached hydrogens (tertiary/aromatic N) is 4. The number of para-hydroxylation sites is 1. The van der Waals surface area contributed by atoms with Gasteiger partial charge in [-0.05, 0) is 321 Å². The number of benzene rings is 4. The van der Waals surface area contributed by atoms with Crippen molar-refractivity contribution in [3.05, 3.63) is 105 Å². The van der Waals surface area contributed by atoms with Gasteiger partial charge in [-0.1, -0.05) is 103 Å². The van der Waals surface area contributed by atoms with E-state index in [1.807, 2.05) is 62.1 Å². The minimum atomic E-state index is -0.826. The zero-order chi connectivity index (χ0) is 80.8. The van der Waals surface area contributed by atoms with Gasteiger partial charge in [0.15, 0.2) is 0 Å². The van der Waals surface area contributed by atoms with Gasteiger partial charge in [0.05, 0.1) is 26.3 Å². The first-order valence-corrected chi connectivity index (χ1v) is 68.3. The van der Waals surface area contributed by atoms with Gasteiger partial charge in [0.1, 0.15) is 34.5 Å². The molecule has 113 heavy (non-hydrogen) atoms. The van der Waals surface area contributed by atoms with E-state index in [1.54, 1.807) is 14.2 Å². The first-order chi connectivity index (χ1) is 54.6. The molecule has 16 fully saturated rings. The normalized spacial score (nSPS) is 32.1. The monoisotopic (exact) mass is 2010 g/mol. The molecule has 20 rings (SSSR count). The predicted octanol–water partition coefficient (Wildman–Crippen LogP) is 27.4. The maximum absolute atomic E-state index is 11.3. The molecule has 16 saturated carbocycles. The number of halogens is 8. The number of aryl methyl sites for hydroxylation is 2. The number of methoxy groups -OCH3 is 2. The van der Waals surface area contributed by atoms with Gasteiger partial charge in [0, 0.05) is 76.9 Å². The molecule has 4 aromatic carbocycles. The second kappa shape index (κ2) is 47.3. The van der Waals surface area contributed by atoms with Gasteiger partial charge in [0.2, 0.25) is 0 Å². The first-order valence-electron chi connectivity index (χ1n) is 42.9. The number of phenols is 4. The van der Waals surface area contributed by atoms with E-state index in [-0.39, 0.29) is 16.2 Å². The molecule has 4 N–H and O–H groups in total. The summed E-state index contributed by atoms with van der Waals surface area (Å²) in [6.07, 6.45) is 54.2. The summed E-state index contributed by atoms with van der Waals surface area (Å²) in [7, 11) is 42.9. The zero-order valence-electron chi connectivity index (χ0n) is 68.3. The van der Waals surface area contributed by atoms with Crippen LogP contribution in [0.5, 0.6) is 34.5 Å². The molecule has 16 aliphatic carbocycles. The van der Waals surface area contributed by atoms with E-state index >= 15 is 0 Å². The molecule has 16 aliphatic rings. The SMILES string of the molecule is COc1cc(C=NC2CCCCC2C)c(O)c(C23CC4CC(CC(C4)C2)C3)c1.COc1cc(C=NCC2CCCCC2)c(O)c(C23CC4CC(CC(C4)C2)C3)c1.Cc1cc(C=NCC2CCCCC2)c(O)c(C23CC4CC(CC(C4)C2)C3)c1.Cc1cccc(C=NC2CCCC(C)C2C)c1O.[Cl][Zr][Cl].[Cl][Zr][Cl].[Cl][Zr][Cl].[Cl][Zr][Cl]. The van der Waals surface area contributed by atoms with Crippen LogP contribution in [0.25, 0.3) is 0 Å². The van der Waals surface area contributed by atoms with E-state index in [4.69, 9.17) is 97.5 Å². The average Bonchev–Trinajstić information content (AvgIpc) is 0.741. The minimum absolute atomic E-state index is 0.161. The van der Waals surface area contributed by atoms with Crippen LogP contribution in [0, 0.1) is 96.7 Å². The molecule has 12 bridgehead atoms. The molecule has 0 amide bonds. The van der Waals surface area contributed by atoms with Crippen LogP contribution in [0.2, 0.25) is 0 Å². The Morgan fingerprint density at radius 3 is 1.10 bits per heavy atom. The van der Waals surface area contributed by atoms with Gasteiger partial charge < -0.3 is 29.9 Å². The number of rotatable bonds is 15. The molecule has 620 valence electrons. The maximum atomic E-state index is 11.3. The average molecular weight is 2020 g/mol. The van der Waals surface area contributed by atoms with Crippen LogP contribution in [-0.2, 0) is 99.6 Å². The first kappa shape index (κ1) is 95.4. The molecule has 0 aromatic heterocycles. The quantitative estimate of drug-likeness (QED) is 0.0871. The molecule has 0 spiro atoms. The number of aliphatic imine (C=N–C) groups is 4. The van der Waals surface area contributed by atoms with Crippen molar-refractivity contribution in [2.75, 3.05) is 27.3 Å². The number of hydrogen-bond acceptors (Lipinski definition) is 10. The summed E-state index contributed by atoms with van der Waals surface area (Å²) in [5.74, 6) is 14.9. The van der Waals surface area contributed by atoms with Gasteiger partial charge in [-0.15, -0.1) is 0 Å². The summed E-state index contributed by atoms with van der Waals surface area (Å²) in [6, 6.07) is 19.2. The zero-order valence-corrected chi connectivity index (χ0v) is 84.2. The Bertz CT molecular complexity index is 3630. The Balaban J connectivity index is 0.000000154. The summed E-state index contributed by atoms with van der Waals surface area (Å²) in [5, 5.41) is 43.7. The fraction of sp³-hybridized carbons (Fsp3) is 0.692. The van der Waals surface area contributed by atoms with Gasteiger partial charge in [-0.2, -0.15) is 0 Å².